The maximum atomic E-state index is 12.8. The van der Waals surface area contributed by atoms with Crippen LogP contribution in [-0.4, -0.2) is 17.6 Å². The molecule has 4 rings (SSSR count). The zero-order valence-electron chi connectivity index (χ0n) is 12.3. The van der Waals surface area contributed by atoms with Crippen LogP contribution in [0.3, 0.4) is 0 Å². The third-order valence-electron chi connectivity index (χ3n) is 4.23. The van der Waals surface area contributed by atoms with Gasteiger partial charge in [0.1, 0.15) is 0 Å². The fourth-order valence-corrected chi connectivity index (χ4v) is 4.59. The molecule has 0 radical (unpaired) electrons. The van der Waals surface area contributed by atoms with Crippen LogP contribution in [0, 0.1) is 6.92 Å². The molecule has 4 nitrogen and oxygen atoms in total. The van der Waals surface area contributed by atoms with E-state index < -0.39 is 4.87 Å². The number of nitrogens with zero attached hydrogens (tertiary/aromatic N) is 1. The molecule has 1 fully saturated rings. The number of rotatable bonds is 1. The van der Waals surface area contributed by atoms with Gasteiger partial charge in [0.05, 0.1) is 5.75 Å². The Kier molecular flexibility index (Phi) is 3.18. The lowest BCUT2D eigenvalue weighted by atomic mass is 10.0. The first-order valence-corrected chi connectivity index (χ1v) is 8.54. The maximum absolute atomic E-state index is 12.8. The molecule has 1 saturated heterocycles. The number of hydrogen-bond acceptors (Lipinski definition) is 3. The monoisotopic (exact) mass is 344 g/mol. The number of benzene rings is 2. The molecule has 0 aliphatic carbocycles. The van der Waals surface area contributed by atoms with Crippen molar-refractivity contribution in [2.75, 3.05) is 16.0 Å². The lowest BCUT2D eigenvalue weighted by Gasteiger charge is -2.32. The van der Waals surface area contributed by atoms with Crippen molar-refractivity contribution < 1.29 is 9.59 Å². The van der Waals surface area contributed by atoms with E-state index in [-0.39, 0.29) is 17.6 Å². The lowest BCUT2D eigenvalue weighted by Crippen LogP contribution is -2.47. The predicted octanol–water partition coefficient (Wildman–Crippen LogP) is 3.53. The third kappa shape index (κ3) is 1.93. The summed E-state index contributed by atoms with van der Waals surface area (Å²) in [5, 5.41) is 3.47. The van der Waals surface area contributed by atoms with E-state index in [2.05, 4.69) is 5.32 Å². The molecule has 2 aromatic carbocycles. The molecule has 2 heterocycles. The Labute approximate surface area is 142 Å². The summed E-state index contributed by atoms with van der Waals surface area (Å²) in [5.41, 5.74) is 3.14. The number of fused-ring (bicyclic) bond motifs is 2. The Morgan fingerprint density at radius 1 is 1.22 bits per heavy atom. The highest BCUT2D eigenvalue weighted by molar-refractivity contribution is 8.02. The summed E-state index contributed by atoms with van der Waals surface area (Å²) in [6, 6.07) is 12.9. The fraction of sp³-hybridized carbons (Fsp3) is 0.176. The Morgan fingerprint density at radius 3 is 2.78 bits per heavy atom. The molecule has 1 atom stereocenters. The van der Waals surface area contributed by atoms with E-state index in [4.69, 9.17) is 11.6 Å². The Bertz CT molecular complexity index is 854. The molecule has 1 N–H and O–H groups in total. The minimum absolute atomic E-state index is 0.0956. The summed E-state index contributed by atoms with van der Waals surface area (Å²) in [5.74, 6) is -0.0270. The minimum atomic E-state index is -1.05. The van der Waals surface area contributed by atoms with Gasteiger partial charge in [0, 0.05) is 22.0 Å². The second-order valence-electron chi connectivity index (χ2n) is 5.60. The first-order valence-electron chi connectivity index (χ1n) is 7.18. The summed E-state index contributed by atoms with van der Waals surface area (Å²) in [4.78, 5) is 25.9. The number of carbonyl (C=O) groups excluding carboxylic acids is 2. The first kappa shape index (κ1) is 14.6. The standard InChI is InChI=1S/C17H13ClN2O2S/c1-10-6-7-11(8-13(10)18)20-15(21)9-23-17(20)12-4-2-3-5-14(12)19-16(17)22/h2-8H,9H2,1H3,(H,19,22)/t17-/m0/s1. The molecule has 2 aliphatic rings. The van der Waals surface area contributed by atoms with Crippen LogP contribution in [0.2, 0.25) is 5.02 Å². The van der Waals surface area contributed by atoms with E-state index in [1.807, 2.05) is 43.3 Å². The van der Waals surface area contributed by atoms with Crippen LogP contribution < -0.4 is 10.2 Å². The summed E-state index contributed by atoms with van der Waals surface area (Å²) >= 11 is 7.57. The van der Waals surface area contributed by atoms with E-state index in [0.29, 0.717) is 10.7 Å². The van der Waals surface area contributed by atoms with Crippen molar-refractivity contribution in [3.8, 4) is 0 Å². The molecule has 2 aliphatic heterocycles. The highest BCUT2D eigenvalue weighted by Gasteiger charge is 2.58. The molecular formula is C17H13ClN2O2S. The number of halogens is 1. The van der Waals surface area contributed by atoms with Crippen LogP contribution in [0.15, 0.2) is 42.5 Å². The van der Waals surface area contributed by atoms with Crippen molar-refractivity contribution in [1.82, 2.24) is 0 Å². The summed E-state index contributed by atoms with van der Waals surface area (Å²) in [7, 11) is 0. The molecule has 2 aromatic rings. The van der Waals surface area contributed by atoms with Crippen molar-refractivity contribution in [2.45, 2.75) is 11.8 Å². The van der Waals surface area contributed by atoms with Crippen LogP contribution in [0.25, 0.3) is 0 Å². The van der Waals surface area contributed by atoms with E-state index in [1.54, 1.807) is 11.0 Å². The molecule has 0 aromatic heterocycles. The van der Waals surface area contributed by atoms with Crippen molar-refractivity contribution in [3.05, 3.63) is 58.6 Å². The van der Waals surface area contributed by atoms with Crippen molar-refractivity contribution in [1.29, 1.82) is 0 Å². The van der Waals surface area contributed by atoms with Gasteiger partial charge in [0.15, 0.2) is 0 Å². The van der Waals surface area contributed by atoms with Crippen LogP contribution in [0.1, 0.15) is 11.1 Å². The third-order valence-corrected chi connectivity index (χ3v) is 6.03. The Hall–Kier alpha value is -1.98. The van der Waals surface area contributed by atoms with Gasteiger partial charge in [0.2, 0.25) is 10.8 Å². The quantitative estimate of drug-likeness (QED) is 0.861. The fourth-order valence-electron chi connectivity index (χ4n) is 3.10. The number of hydrogen-bond donors (Lipinski definition) is 1. The van der Waals surface area contributed by atoms with Crippen molar-refractivity contribution in [3.63, 3.8) is 0 Å². The molecule has 116 valence electrons. The number of nitrogens with one attached hydrogen (secondary N) is 1. The van der Waals surface area contributed by atoms with Gasteiger partial charge in [-0.05, 0) is 30.7 Å². The minimum Gasteiger partial charge on any atom is -0.323 e. The maximum Gasteiger partial charge on any atom is 0.266 e. The average Bonchev–Trinajstić information content (AvgIpc) is 3.02. The second-order valence-corrected chi connectivity index (χ2v) is 7.17. The summed E-state index contributed by atoms with van der Waals surface area (Å²) < 4.78 is 0. The van der Waals surface area contributed by atoms with Crippen LogP contribution in [0.5, 0.6) is 0 Å². The normalized spacial score (nSPS) is 22.6. The zero-order valence-corrected chi connectivity index (χ0v) is 13.9. The molecule has 0 saturated carbocycles. The zero-order chi connectivity index (χ0) is 16.2. The number of aryl methyl sites for hydroxylation is 1. The molecule has 6 heteroatoms. The van der Waals surface area contributed by atoms with Gasteiger partial charge in [-0.2, -0.15) is 0 Å². The van der Waals surface area contributed by atoms with Crippen LogP contribution >= 0.6 is 23.4 Å². The average molecular weight is 345 g/mol. The molecule has 2 amide bonds. The first-order chi connectivity index (χ1) is 11.0. The van der Waals surface area contributed by atoms with Gasteiger partial charge in [-0.25, -0.2) is 0 Å². The van der Waals surface area contributed by atoms with E-state index >= 15 is 0 Å². The van der Waals surface area contributed by atoms with Gasteiger partial charge in [0.25, 0.3) is 5.91 Å². The topological polar surface area (TPSA) is 49.4 Å². The number of carbonyl (C=O) groups is 2. The van der Waals surface area contributed by atoms with Gasteiger partial charge in [-0.1, -0.05) is 35.9 Å². The highest BCUT2D eigenvalue weighted by Crippen LogP contribution is 2.53. The van der Waals surface area contributed by atoms with E-state index in [9.17, 15) is 9.59 Å². The van der Waals surface area contributed by atoms with Gasteiger partial charge in [-0.3, -0.25) is 14.5 Å². The molecule has 0 bridgehead atoms. The van der Waals surface area contributed by atoms with Crippen molar-refractivity contribution >= 4 is 46.6 Å². The van der Waals surface area contributed by atoms with Crippen molar-refractivity contribution in [2.24, 2.45) is 0 Å². The Balaban J connectivity index is 1.93. The van der Waals surface area contributed by atoms with Gasteiger partial charge >= 0.3 is 0 Å². The molecule has 23 heavy (non-hydrogen) atoms. The number of amides is 2. The predicted molar refractivity (Wildman–Crippen MR) is 92.9 cm³/mol. The SMILES string of the molecule is Cc1ccc(N2C(=O)CS[C@@]23C(=O)Nc2ccccc23)cc1Cl. The number of thioether (sulfide) groups is 1. The second kappa shape index (κ2) is 5.01. The van der Waals surface area contributed by atoms with Gasteiger partial charge in [-0.15, -0.1) is 11.8 Å². The summed E-state index contributed by atoms with van der Waals surface area (Å²) in [6.07, 6.45) is 0. The van der Waals surface area contributed by atoms with E-state index in [1.165, 1.54) is 11.8 Å². The lowest BCUT2D eigenvalue weighted by molar-refractivity contribution is -0.122. The largest absolute Gasteiger partial charge is 0.323 e. The summed E-state index contributed by atoms with van der Waals surface area (Å²) in [6.45, 7) is 1.90. The van der Waals surface area contributed by atoms with Crippen LogP contribution in [0.4, 0.5) is 11.4 Å². The number of anilines is 2. The highest BCUT2D eigenvalue weighted by atomic mass is 35.5. The van der Waals surface area contributed by atoms with Crippen LogP contribution in [-0.2, 0) is 14.5 Å². The number of para-hydroxylation sites is 1. The molecular weight excluding hydrogens is 332 g/mol. The molecule has 1 spiro atoms. The van der Waals surface area contributed by atoms with Gasteiger partial charge < -0.3 is 5.32 Å². The van der Waals surface area contributed by atoms with E-state index in [0.717, 1.165) is 16.8 Å². The smallest absolute Gasteiger partial charge is 0.266 e. The Morgan fingerprint density at radius 2 is 2.00 bits per heavy atom. The molecule has 0 unspecified atom stereocenters.